The molecule has 0 aliphatic heterocycles. The number of methoxy groups -OCH3 is 1. The minimum Gasteiger partial charge on any atom is -0.496 e. The van der Waals surface area contributed by atoms with Gasteiger partial charge >= 0.3 is 0 Å². The summed E-state index contributed by atoms with van der Waals surface area (Å²) in [5.41, 5.74) is 7.79. The first kappa shape index (κ1) is 21.0. The zero-order valence-electron chi connectivity index (χ0n) is 19.6. The van der Waals surface area contributed by atoms with Crippen LogP contribution in [-0.2, 0) is 0 Å². The first-order valence-corrected chi connectivity index (χ1v) is 11.6. The lowest BCUT2D eigenvalue weighted by Gasteiger charge is -2.08. The van der Waals surface area contributed by atoms with Gasteiger partial charge in [-0.1, -0.05) is 78.9 Å². The lowest BCUT2D eigenvalue weighted by Crippen LogP contribution is -1.98. The summed E-state index contributed by atoms with van der Waals surface area (Å²) in [5.74, 6) is 1.60. The summed E-state index contributed by atoms with van der Waals surface area (Å²) >= 11 is 0. The van der Waals surface area contributed by atoms with Crippen molar-refractivity contribution in [2.45, 2.75) is 6.92 Å². The van der Waals surface area contributed by atoms with Gasteiger partial charge in [0.15, 0.2) is 0 Å². The van der Waals surface area contributed by atoms with E-state index in [0.29, 0.717) is 0 Å². The molecule has 0 bridgehead atoms. The predicted octanol–water partition coefficient (Wildman–Crippen LogP) is 7.94. The Morgan fingerprint density at radius 2 is 1.37 bits per heavy atom. The number of hydrogen-bond donors (Lipinski definition) is 0. The molecule has 4 heteroatoms. The Morgan fingerprint density at radius 3 is 2.03 bits per heavy atom. The average molecular weight is 457 g/mol. The topological polar surface area (TPSA) is 40.2 Å². The summed E-state index contributed by atoms with van der Waals surface area (Å²) in [5, 5.41) is 5.92. The second-order valence-electron chi connectivity index (χ2n) is 8.51. The highest BCUT2D eigenvalue weighted by molar-refractivity contribution is 6.04. The van der Waals surface area contributed by atoms with E-state index in [1.165, 1.54) is 0 Å². The van der Waals surface area contributed by atoms with Gasteiger partial charge in [0.25, 0.3) is 0 Å². The molecule has 0 spiro atoms. The number of aromatic nitrogens is 2. The lowest BCUT2D eigenvalue weighted by atomic mass is 9.97. The molecule has 0 unspecified atom stereocenters. The summed E-state index contributed by atoms with van der Waals surface area (Å²) in [7, 11) is 1.70. The van der Waals surface area contributed by atoms with Crippen molar-refractivity contribution in [1.29, 1.82) is 0 Å². The van der Waals surface area contributed by atoms with E-state index in [4.69, 9.17) is 14.3 Å². The molecule has 0 atom stereocenters. The lowest BCUT2D eigenvalue weighted by molar-refractivity contribution is 0.416. The van der Waals surface area contributed by atoms with Crippen LogP contribution >= 0.6 is 0 Å². The van der Waals surface area contributed by atoms with Crippen molar-refractivity contribution in [3.8, 4) is 45.1 Å². The molecule has 0 saturated carbocycles. The highest BCUT2D eigenvalue weighted by atomic mass is 16.5. The predicted molar refractivity (Wildman–Crippen MR) is 141 cm³/mol. The van der Waals surface area contributed by atoms with Crippen LogP contribution in [0.3, 0.4) is 0 Å². The zero-order chi connectivity index (χ0) is 23.8. The van der Waals surface area contributed by atoms with Crippen LogP contribution in [0.2, 0.25) is 0 Å². The van der Waals surface area contributed by atoms with Gasteiger partial charge in [0.05, 0.1) is 18.5 Å². The Balaban J connectivity index is 1.58. The molecule has 0 aliphatic rings. The van der Waals surface area contributed by atoms with Crippen LogP contribution in [0.4, 0.5) is 0 Å². The van der Waals surface area contributed by atoms with Gasteiger partial charge in [0.2, 0.25) is 0 Å². The van der Waals surface area contributed by atoms with Crippen LogP contribution in [0, 0.1) is 6.92 Å². The number of rotatable bonds is 5. The maximum atomic E-state index is 6.53. The minimum atomic E-state index is 0.757. The average Bonchev–Trinajstić information content (AvgIpc) is 3.49. The molecule has 0 amide bonds. The minimum absolute atomic E-state index is 0.757. The standard InChI is InChI=1S/C31H24N2O2/c1-21-18-27(32-33(21)24-16-10-5-11-17-24)25-19-29-26(20-28(25)34-2)30(22-12-6-3-7-13-22)31(35-29)23-14-8-4-9-15-23/h3-20H,1-2H3. The van der Waals surface area contributed by atoms with E-state index >= 15 is 0 Å². The summed E-state index contributed by atoms with van der Waals surface area (Å²) in [6, 6.07) is 36.9. The van der Waals surface area contributed by atoms with Crippen LogP contribution in [0.1, 0.15) is 5.69 Å². The second-order valence-corrected chi connectivity index (χ2v) is 8.51. The fraction of sp³-hybridized carbons (Fsp3) is 0.0645. The van der Waals surface area contributed by atoms with E-state index in [0.717, 1.165) is 61.8 Å². The molecule has 6 rings (SSSR count). The quantitative estimate of drug-likeness (QED) is 0.264. The number of hydrogen-bond acceptors (Lipinski definition) is 3. The van der Waals surface area contributed by atoms with Gasteiger partial charge in [0.1, 0.15) is 17.1 Å². The fourth-order valence-electron chi connectivity index (χ4n) is 4.61. The molecule has 0 aliphatic carbocycles. The molecular formula is C31H24N2O2. The third-order valence-electron chi connectivity index (χ3n) is 6.27. The van der Waals surface area contributed by atoms with Gasteiger partial charge in [-0.3, -0.25) is 0 Å². The molecule has 0 N–H and O–H groups in total. The SMILES string of the molecule is COc1cc2c(-c3ccccc3)c(-c3ccccc3)oc2cc1-c1cc(C)n(-c2ccccc2)n1. The number of ether oxygens (including phenoxy) is 1. The van der Waals surface area contributed by atoms with E-state index in [1.807, 2.05) is 65.3 Å². The zero-order valence-corrected chi connectivity index (χ0v) is 19.6. The van der Waals surface area contributed by atoms with E-state index < -0.39 is 0 Å². The molecule has 35 heavy (non-hydrogen) atoms. The van der Waals surface area contributed by atoms with Gasteiger partial charge in [-0.25, -0.2) is 4.68 Å². The van der Waals surface area contributed by atoms with Crippen molar-refractivity contribution < 1.29 is 9.15 Å². The highest BCUT2D eigenvalue weighted by Crippen LogP contribution is 2.44. The number of nitrogens with zero attached hydrogens (tertiary/aromatic N) is 2. The van der Waals surface area contributed by atoms with Crippen molar-refractivity contribution in [2.75, 3.05) is 7.11 Å². The highest BCUT2D eigenvalue weighted by Gasteiger charge is 2.21. The first-order valence-electron chi connectivity index (χ1n) is 11.6. The fourth-order valence-corrected chi connectivity index (χ4v) is 4.61. The maximum Gasteiger partial charge on any atom is 0.143 e. The number of aryl methyl sites for hydroxylation is 1. The Hall–Kier alpha value is -4.57. The summed E-state index contributed by atoms with van der Waals surface area (Å²) in [4.78, 5) is 0. The van der Waals surface area contributed by atoms with Crippen LogP contribution in [0.25, 0.3) is 50.4 Å². The van der Waals surface area contributed by atoms with Crippen LogP contribution < -0.4 is 4.74 Å². The van der Waals surface area contributed by atoms with Crippen LogP contribution in [0.15, 0.2) is 114 Å². The van der Waals surface area contributed by atoms with Gasteiger partial charge in [-0.15, -0.1) is 0 Å². The molecule has 0 fully saturated rings. The number of benzene rings is 4. The molecule has 170 valence electrons. The summed E-state index contributed by atoms with van der Waals surface area (Å²) in [6.45, 7) is 2.06. The van der Waals surface area contributed by atoms with Crippen molar-refractivity contribution in [2.24, 2.45) is 0 Å². The van der Waals surface area contributed by atoms with E-state index in [-0.39, 0.29) is 0 Å². The Kier molecular flexibility index (Phi) is 5.19. The van der Waals surface area contributed by atoms with Crippen molar-refractivity contribution >= 4 is 11.0 Å². The second kappa shape index (κ2) is 8.65. The van der Waals surface area contributed by atoms with Gasteiger partial charge in [-0.2, -0.15) is 5.10 Å². The van der Waals surface area contributed by atoms with Gasteiger partial charge < -0.3 is 9.15 Å². The Bertz CT molecular complexity index is 1620. The normalized spacial score (nSPS) is 11.1. The number of furan rings is 1. The Labute approximate surface area is 204 Å². The van der Waals surface area contributed by atoms with Crippen LogP contribution in [0.5, 0.6) is 5.75 Å². The van der Waals surface area contributed by atoms with E-state index in [1.54, 1.807) is 7.11 Å². The van der Waals surface area contributed by atoms with E-state index in [9.17, 15) is 0 Å². The first-order chi connectivity index (χ1) is 17.2. The molecule has 0 radical (unpaired) electrons. The molecule has 4 aromatic carbocycles. The molecule has 2 aromatic heterocycles. The molecule has 2 heterocycles. The largest absolute Gasteiger partial charge is 0.496 e. The molecular weight excluding hydrogens is 432 g/mol. The number of para-hydroxylation sites is 1. The van der Waals surface area contributed by atoms with Crippen LogP contribution in [-0.4, -0.2) is 16.9 Å². The Morgan fingerprint density at radius 1 is 0.743 bits per heavy atom. The summed E-state index contributed by atoms with van der Waals surface area (Å²) < 4.78 is 14.4. The monoisotopic (exact) mass is 456 g/mol. The van der Waals surface area contributed by atoms with Gasteiger partial charge in [0, 0.05) is 27.8 Å². The van der Waals surface area contributed by atoms with Crippen molar-refractivity contribution in [1.82, 2.24) is 9.78 Å². The molecule has 4 nitrogen and oxygen atoms in total. The van der Waals surface area contributed by atoms with E-state index in [2.05, 4.69) is 55.5 Å². The third kappa shape index (κ3) is 3.69. The summed E-state index contributed by atoms with van der Waals surface area (Å²) in [6.07, 6.45) is 0. The maximum absolute atomic E-state index is 6.53. The number of fused-ring (bicyclic) bond motifs is 1. The molecule has 6 aromatic rings. The smallest absolute Gasteiger partial charge is 0.143 e. The molecule has 0 saturated heterocycles. The van der Waals surface area contributed by atoms with Gasteiger partial charge in [-0.05, 0) is 42.8 Å². The third-order valence-corrected chi connectivity index (χ3v) is 6.27. The van der Waals surface area contributed by atoms with Crippen molar-refractivity contribution in [3.05, 3.63) is 115 Å². The van der Waals surface area contributed by atoms with Crippen molar-refractivity contribution in [3.63, 3.8) is 0 Å².